The van der Waals surface area contributed by atoms with E-state index in [1.807, 2.05) is 6.07 Å². The molecule has 0 atom stereocenters. The Kier molecular flexibility index (Phi) is 3.03. The molecule has 82 valence electrons. The zero-order valence-corrected chi connectivity index (χ0v) is 10.0. The minimum Gasteiger partial charge on any atom is -0.278 e. The first-order valence-electron chi connectivity index (χ1n) is 4.55. The minimum atomic E-state index is -0.283. The zero-order valence-electron chi connectivity index (χ0n) is 8.44. The summed E-state index contributed by atoms with van der Waals surface area (Å²) in [4.78, 5) is 25.2. The third-order valence-corrected chi connectivity index (χ3v) is 3.36. The molecule has 1 heterocycles. The second-order valence-electron chi connectivity index (χ2n) is 3.27. The first-order chi connectivity index (χ1) is 7.58. The fourth-order valence-corrected chi connectivity index (χ4v) is 2.49. The number of halogens is 1. The molecule has 16 heavy (non-hydrogen) atoms. The van der Waals surface area contributed by atoms with Crippen LogP contribution in [0.3, 0.4) is 0 Å². The summed E-state index contributed by atoms with van der Waals surface area (Å²) in [5.41, 5.74) is 0. The standard InChI is InChI=1S/C11H8ClNO2S/c1-13-10(14)6-9(11(13)15)16-8-4-2-3-7(12)5-8/h2-6H,1H3. The molecule has 0 saturated carbocycles. The molecule has 2 amide bonds. The Bertz CT molecular complexity index is 499. The van der Waals surface area contributed by atoms with E-state index in [1.165, 1.54) is 24.9 Å². The number of likely N-dealkylation sites (N-methyl/N-ethyl adjacent to an activating group) is 1. The van der Waals surface area contributed by atoms with Gasteiger partial charge >= 0.3 is 0 Å². The molecule has 0 aromatic heterocycles. The Hall–Kier alpha value is -1.26. The van der Waals surface area contributed by atoms with Gasteiger partial charge in [0.05, 0.1) is 4.91 Å². The molecule has 0 spiro atoms. The predicted molar refractivity (Wildman–Crippen MR) is 63.2 cm³/mol. The second kappa shape index (κ2) is 4.31. The molecule has 1 aromatic rings. The molecule has 0 fully saturated rings. The molecular weight excluding hydrogens is 246 g/mol. The average Bonchev–Trinajstić information content (AvgIpc) is 2.47. The largest absolute Gasteiger partial charge is 0.278 e. The topological polar surface area (TPSA) is 37.4 Å². The van der Waals surface area contributed by atoms with Crippen molar-refractivity contribution in [3.8, 4) is 0 Å². The van der Waals surface area contributed by atoms with Gasteiger partial charge in [0.25, 0.3) is 11.8 Å². The van der Waals surface area contributed by atoms with Crippen LogP contribution in [0.5, 0.6) is 0 Å². The van der Waals surface area contributed by atoms with E-state index < -0.39 is 0 Å². The molecule has 2 rings (SSSR count). The molecule has 1 aliphatic rings. The van der Waals surface area contributed by atoms with Crippen molar-refractivity contribution in [2.75, 3.05) is 7.05 Å². The molecule has 0 unspecified atom stereocenters. The molecule has 0 bridgehead atoms. The summed E-state index contributed by atoms with van der Waals surface area (Å²) in [5.74, 6) is -0.551. The fourth-order valence-electron chi connectivity index (χ4n) is 1.27. The number of hydrogen-bond acceptors (Lipinski definition) is 3. The summed E-state index contributed by atoms with van der Waals surface area (Å²) < 4.78 is 0. The van der Waals surface area contributed by atoms with Crippen molar-refractivity contribution < 1.29 is 9.59 Å². The van der Waals surface area contributed by atoms with Gasteiger partial charge in [0, 0.05) is 23.0 Å². The van der Waals surface area contributed by atoms with E-state index in [-0.39, 0.29) is 11.8 Å². The fraction of sp³-hybridized carbons (Fsp3) is 0.0909. The number of imide groups is 1. The summed E-state index contributed by atoms with van der Waals surface area (Å²) >= 11 is 7.07. The van der Waals surface area contributed by atoms with Crippen molar-refractivity contribution in [1.82, 2.24) is 4.90 Å². The SMILES string of the molecule is CN1C(=O)C=C(Sc2cccc(Cl)c2)C1=O. The van der Waals surface area contributed by atoms with Crippen LogP contribution in [-0.2, 0) is 9.59 Å². The number of carbonyl (C=O) groups is 2. The van der Waals surface area contributed by atoms with Crippen LogP contribution in [0.1, 0.15) is 0 Å². The van der Waals surface area contributed by atoms with Gasteiger partial charge in [0.1, 0.15) is 0 Å². The first-order valence-corrected chi connectivity index (χ1v) is 5.74. The second-order valence-corrected chi connectivity index (χ2v) is 4.82. The van der Waals surface area contributed by atoms with Gasteiger partial charge in [0.2, 0.25) is 0 Å². The maximum atomic E-state index is 11.6. The van der Waals surface area contributed by atoms with Crippen molar-refractivity contribution >= 4 is 35.2 Å². The zero-order chi connectivity index (χ0) is 11.7. The highest BCUT2D eigenvalue weighted by Gasteiger charge is 2.28. The normalized spacial score (nSPS) is 15.6. The van der Waals surface area contributed by atoms with Crippen molar-refractivity contribution in [2.24, 2.45) is 0 Å². The number of thioether (sulfide) groups is 1. The van der Waals surface area contributed by atoms with Crippen molar-refractivity contribution in [3.05, 3.63) is 40.3 Å². The van der Waals surface area contributed by atoms with Gasteiger partial charge in [0.15, 0.2) is 0 Å². The lowest BCUT2D eigenvalue weighted by Crippen LogP contribution is -2.25. The van der Waals surface area contributed by atoms with Crippen LogP contribution in [0.25, 0.3) is 0 Å². The van der Waals surface area contributed by atoms with E-state index in [0.717, 1.165) is 9.80 Å². The van der Waals surface area contributed by atoms with Gasteiger partial charge in [-0.15, -0.1) is 0 Å². The smallest absolute Gasteiger partial charge is 0.267 e. The van der Waals surface area contributed by atoms with Crippen LogP contribution >= 0.6 is 23.4 Å². The number of amides is 2. The van der Waals surface area contributed by atoms with Crippen LogP contribution in [0.2, 0.25) is 5.02 Å². The highest BCUT2D eigenvalue weighted by molar-refractivity contribution is 8.04. The van der Waals surface area contributed by atoms with Gasteiger partial charge < -0.3 is 0 Å². The van der Waals surface area contributed by atoms with Gasteiger partial charge in [-0.2, -0.15) is 0 Å². The van der Waals surface area contributed by atoms with Crippen LogP contribution in [0, 0.1) is 0 Å². The number of rotatable bonds is 2. The molecular formula is C11H8ClNO2S. The van der Waals surface area contributed by atoms with Gasteiger partial charge in [-0.25, -0.2) is 0 Å². The van der Waals surface area contributed by atoms with E-state index in [9.17, 15) is 9.59 Å². The summed E-state index contributed by atoms with van der Waals surface area (Å²) in [6.07, 6.45) is 1.34. The van der Waals surface area contributed by atoms with E-state index in [0.29, 0.717) is 9.93 Å². The van der Waals surface area contributed by atoms with Crippen LogP contribution in [0.15, 0.2) is 40.1 Å². The first kappa shape index (κ1) is 11.2. The van der Waals surface area contributed by atoms with E-state index in [4.69, 9.17) is 11.6 Å². The lowest BCUT2D eigenvalue weighted by atomic mass is 10.4. The number of carbonyl (C=O) groups excluding carboxylic acids is 2. The Labute approximate surface area is 102 Å². The Morgan fingerprint density at radius 3 is 2.62 bits per heavy atom. The van der Waals surface area contributed by atoms with Crippen LogP contribution in [0.4, 0.5) is 0 Å². The molecule has 1 aliphatic heterocycles. The third kappa shape index (κ3) is 2.13. The number of hydrogen-bond donors (Lipinski definition) is 0. The van der Waals surface area contributed by atoms with E-state index >= 15 is 0 Å². The summed E-state index contributed by atoms with van der Waals surface area (Å²) in [6.45, 7) is 0. The summed E-state index contributed by atoms with van der Waals surface area (Å²) in [5, 5.41) is 0.607. The summed E-state index contributed by atoms with van der Waals surface area (Å²) in [7, 11) is 1.46. The highest BCUT2D eigenvalue weighted by atomic mass is 35.5. The average molecular weight is 254 g/mol. The Morgan fingerprint density at radius 1 is 1.31 bits per heavy atom. The minimum absolute atomic E-state index is 0.269. The summed E-state index contributed by atoms with van der Waals surface area (Å²) in [6, 6.07) is 7.15. The molecule has 1 aromatic carbocycles. The van der Waals surface area contributed by atoms with Crippen molar-refractivity contribution in [1.29, 1.82) is 0 Å². The Morgan fingerprint density at radius 2 is 2.06 bits per heavy atom. The van der Waals surface area contributed by atoms with Crippen LogP contribution in [-0.4, -0.2) is 23.8 Å². The molecule has 5 heteroatoms. The molecule has 0 radical (unpaired) electrons. The van der Waals surface area contributed by atoms with E-state index in [1.54, 1.807) is 18.2 Å². The molecule has 0 aliphatic carbocycles. The molecule has 0 saturated heterocycles. The number of nitrogens with zero attached hydrogens (tertiary/aromatic N) is 1. The predicted octanol–water partition coefficient (Wildman–Crippen LogP) is 2.31. The van der Waals surface area contributed by atoms with Crippen molar-refractivity contribution in [2.45, 2.75) is 4.90 Å². The monoisotopic (exact) mass is 253 g/mol. The lowest BCUT2D eigenvalue weighted by molar-refractivity contribution is -0.135. The highest BCUT2D eigenvalue weighted by Crippen LogP contribution is 2.31. The van der Waals surface area contributed by atoms with Gasteiger partial charge in [-0.1, -0.05) is 29.4 Å². The van der Waals surface area contributed by atoms with Crippen molar-refractivity contribution in [3.63, 3.8) is 0 Å². The maximum Gasteiger partial charge on any atom is 0.267 e. The van der Waals surface area contributed by atoms with Crippen LogP contribution < -0.4 is 0 Å². The lowest BCUT2D eigenvalue weighted by Gasteiger charge is -2.06. The van der Waals surface area contributed by atoms with Gasteiger partial charge in [-0.3, -0.25) is 14.5 Å². The number of benzene rings is 1. The quantitative estimate of drug-likeness (QED) is 0.759. The maximum absolute atomic E-state index is 11.6. The Balaban J connectivity index is 2.21. The van der Waals surface area contributed by atoms with E-state index in [2.05, 4.69) is 0 Å². The molecule has 3 nitrogen and oxygen atoms in total. The third-order valence-electron chi connectivity index (χ3n) is 2.12. The molecule has 0 N–H and O–H groups in total. The van der Waals surface area contributed by atoms with Gasteiger partial charge in [-0.05, 0) is 18.2 Å².